The largest absolute Gasteiger partial charge is 0.469 e. The van der Waals surface area contributed by atoms with Crippen molar-refractivity contribution in [2.75, 3.05) is 7.11 Å². The number of nitrogens with one attached hydrogen (secondary N) is 1. The van der Waals surface area contributed by atoms with E-state index in [1.807, 2.05) is 19.9 Å². The number of amides is 1. The molecule has 7 heteroatoms. The molecule has 3 atom stereocenters. The number of hydrogen-bond donors (Lipinski definition) is 1. The number of hydrogen-bond acceptors (Lipinski definition) is 5. The quantitative estimate of drug-likeness (QED) is 0.861. The van der Waals surface area contributed by atoms with Crippen LogP contribution in [-0.2, 0) is 9.53 Å². The van der Waals surface area contributed by atoms with Crippen molar-refractivity contribution < 1.29 is 14.3 Å². The van der Waals surface area contributed by atoms with Crippen molar-refractivity contribution in [1.82, 2.24) is 19.9 Å². The van der Waals surface area contributed by atoms with E-state index in [2.05, 4.69) is 22.3 Å². The number of methoxy groups -OCH3 is 1. The monoisotopic (exact) mass is 344 g/mol. The number of aryl methyl sites for hydroxylation is 2. The van der Waals surface area contributed by atoms with Crippen LogP contribution in [0.4, 0.5) is 0 Å². The summed E-state index contributed by atoms with van der Waals surface area (Å²) < 4.78 is 6.52. The van der Waals surface area contributed by atoms with Crippen LogP contribution in [0.25, 0.3) is 5.65 Å². The zero-order valence-electron chi connectivity index (χ0n) is 15.1. The molecule has 2 heterocycles. The van der Waals surface area contributed by atoms with E-state index in [1.165, 1.54) is 7.11 Å². The van der Waals surface area contributed by atoms with Crippen LogP contribution < -0.4 is 5.32 Å². The van der Waals surface area contributed by atoms with Crippen LogP contribution in [0.5, 0.6) is 0 Å². The number of aromatic nitrogens is 3. The Morgan fingerprint density at radius 1 is 1.32 bits per heavy atom. The molecule has 0 spiro atoms. The number of rotatable bonds is 3. The Labute approximate surface area is 146 Å². The van der Waals surface area contributed by atoms with Gasteiger partial charge in [-0.2, -0.15) is 5.10 Å². The first-order valence-corrected chi connectivity index (χ1v) is 8.61. The molecule has 3 rings (SSSR count). The van der Waals surface area contributed by atoms with Gasteiger partial charge in [-0.3, -0.25) is 9.59 Å². The number of carbonyl (C=O) groups is 2. The average Bonchev–Trinajstić information content (AvgIpc) is 3.00. The molecular formula is C18H24N4O3. The van der Waals surface area contributed by atoms with Crippen LogP contribution in [0.15, 0.2) is 12.3 Å². The fourth-order valence-corrected chi connectivity index (χ4v) is 3.67. The molecular weight excluding hydrogens is 320 g/mol. The van der Waals surface area contributed by atoms with Gasteiger partial charge in [0, 0.05) is 17.4 Å². The van der Waals surface area contributed by atoms with E-state index in [0.29, 0.717) is 11.2 Å². The van der Waals surface area contributed by atoms with Gasteiger partial charge in [0.15, 0.2) is 5.65 Å². The van der Waals surface area contributed by atoms with Gasteiger partial charge in [-0.15, -0.1) is 0 Å². The molecule has 1 saturated carbocycles. The van der Waals surface area contributed by atoms with Crippen molar-refractivity contribution in [3.63, 3.8) is 0 Å². The van der Waals surface area contributed by atoms with Gasteiger partial charge in [-0.1, -0.05) is 6.92 Å². The van der Waals surface area contributed by atoms with Crippen molar-refractivity contribution in [1.29, 1.82) is 0 Å². The summed E-state index contributed by atoms with van der Waals surface area (Å²) in [5, 5.41) is 7.37. The maximum Gasteiger partial charge on any atom is 0.308 e. The molecule has 25 heavy (non-hydrogen) atoms. The van der Waals surface area contributed by atoms with Crippen LogP contribution in [-0.4, -0.2) is 39.6 Å². The van der Waals surface area contributed by atoms with E-state index in [1.54, 1.807) is 10.7 Å². The number of esters is 1. The number of carbonyl (C=O) groups excluding carboxylic acids is 2. The predicted molar refractivity (Wildman–Crippen MR) is 92.2 cm³/mol. The lowest BCUT2D eigenvalue weighted by Gasteiger charge is -2.33. The van der Waals surface area contributed by atoms with E-state index in [9.17, 15) is 9.59 Å². The highest BCUT2D eigenvalue weighted by atomic mass is 16.5. The highest BCUT2D eigenvalue weighted by Crippen LogP contribution is 2.30. The average molecular weight is 344 g/mol. The molecule has 3 unspecified atom stereocenters. The number of nitrogens with zero attached hydrogens (tertiary/aromatic N) is 3. The zero-order chi connectivity index (χ0) is 18.1. The van der Waals surface area contributed by atoms with Gasteiger partial charge in [0.05, 0.1) is 19.2 Å². The minimum Gasteiger partial charge on any atom is -0.469 e. The number of fused-ring (bicyclic) bond motifs is 1. The molecule has 2 aromatic heterocycles. The van der Waals surface area contributed by atoms with Gasteiger partial charge in [-0.25, -0.2) is 9.50 Å². The van der Waals surface area contributed by atoms with E-state index in [-0.39, 0.29) is 29.8 Å². The summed E-state index contributed by atoms with van der Waals surface area (Å²) in [4.78, 5) is 28.9. The maximum absolute atomic E-state index is 12.7. The van der Waals surface area contributed by atoms with Gasteiger partial charge in [-0.05, 0) is 45.1 Å². The molecule has 1 aliphatic rings. The lowest BCUT2D eigenvalue weighted by molar-refractivity contribution is -0.147. The fraction of sp³-hybridized carbons (Fsp3) is 0.556. The van der Waals surface area contributed by atoms with Crippen LogP contribution >= 0.6 is 0 Å². The molecule has 2 aromatic rings. The predicted octanol–water partition coefficient (Wildman–Crippen LogP) is 2.05. The van der Waals surface area contributed by atoms with Crippen LogP contribution in [0.2, 0.25) is 0 Å². The minimum atomic E-state index is -0.166. The zero-order valence-corrected chi connectivity index (χ0v) is 15.1. The molecule has 1 amide bonds. The lowest BCUT2D eigenvalue weighted by atomic mass is 9.79. The molecule has 1 fully saturated rings. The molecule has 1 aliphatic carbocycles. The second-order valence-corrected chi connectivity index (χ2v) is 6.92. The smallest absolute Gasteiger partial charge is 0.308 e. The molecule has 0 radical (unpaired) electrons. The van der Waals surface area contributed by atoms with Crippen molar-refractivity contribution in [3.8, 4) is 0 Å². The summed E-state index contributed by atoms with van der Waals surface area (Å²) in [5.41, 5.74) is 2.85. The summed E-state index contributed by atoms with van der Waals surface area (Å²) in [5.74, 6) is -0.188. The van der Waals surface area contributed by atoms with Crippen LogP contribution in [0.1, 0.15) is 47.9 Å². The Balaban J connectivity index is 1.74. The van der Waals surface area contributed by atoms with E-state index < -0.39 is 0 Å². The fourth-order valence-electron chi connectivity index (χ4n) is 3.67. The standard InChI is InChI=1S/C18H24N4O3/c1-10-7-13(18(24)25-4)5-6-15(10)21-17(23)14-9-19-22-12(3)8-11(2)20-16(14)22/h8-10,13,15H,5-7H2,1-4H3,(H,21,23). The maximum atomic E-state index is 12.7. The van der Waals surface area contributed by atoms with Crippen LogP contribution in [0, 0.1) is 25.7 Å². The molecule has 1 N–H and O–H groups in total. The Kier molecular flexibility index (Phi) is 4.74. The van der Waals surface area contributed by atoms with Crippen LogP contribution in [0.3, 0.4) is 0 Å². The van der Waals surface area contributed by atoms with Gasteiger partial charge in [0.1, 0.15) is 5.56 Å². The Bertz CT molecular complexity index is 814. The van der Waals surface area contributed by atoms with Gasteiger partial charge < -0.3 is 10.1 Å². The minimum absolute atomic E-state index is 0.0364. The molecule has 0 aliphatic heterocycles. The molecule has 0 aromatic carbocycles. The molecule has 134 valence electrons. The third-order valence-electron chi connectivity index (χ3n) is 5.04. The second kappa shape index (κ2) is 6.82. The Morgan fingerprint density at radius 3 is 2.76 bits per heavy atom. The third-order valence-corrected chi connectivity index (χ3v) is 5.04. The van der Waals surface area contributed by atoms with Gasteiger partial charge in [0.25, 0.3) is 5.91 Å². The Hall–Kier alpha value is -2.44. The van der Waals surface area contributed by atoms with Gasteiger partial charge in [0.2, 0.25) is 0 Å². The summed E-state index contributed by atoms with van der Waals surface area (Å²) in [6, 6.07) is 1.96. The SMILES string of the molecule is COC(=O)C1CCC(NC(=O)c2cnn3c(C)cc(C)nc23)C(C)C1. The van der Waals surface area contributed by atoms with E-state index in [4.69, 9.17) is 4.74 Å². The topological polar surface area (TPSA) is 85.6 Å². The first-order valence-electron chi connectivity index (χ1n) is 8.61. The first kappa shape index (κ1) is 17.4. The van der Waals surface area contributed by atoms with Gasteiger partial charge >= 0.3 is 5.97 Å². The van der Waals surface area contributed by atoms with E-state index >= 15 is 0 Å². The summed E-state index contributed by atoms with van der Waals surface area (Å²) in [7, 11) is 1.42. The highest BCUT2D eigenvalue weighted by Gasteiger charge is 2.33. The summed E-state index contributed by atoms with van der Waals surface area (Å²) in [6.45, 7) is 5.90. The molecule has 0 bridgehead atoms. The highest BCUT2D eigenvalue weighted by molar-refractivity contribution is 5.99. The Morgan fingerprint density at radius 2 is 2.08 bits per heavy atom. The van der Waals surface area contributed by atoms with Crippen molar-refractivity contribution in [3.05, 3.63) is 29.2 Å². The van der Waals surface area contributed by atoms with Crippen molar-refractivity contribution in [2.45, 2.75) is 46.1 Å². The third kappa shape index (κ3) is 3.36. The number of ether oxygens (including phenoxy) is 1. The van der Waals surface area contributed by atoms with E-state index in [0.717, 1.165) is 30.7 Å². The lowest BCUT2D eigenvalue weighted by Crippen LogP contribution is -2.44. The second-order valence-electron chi connectivity index (χ2n) is 6.92. The molecule has 0 saturated heterocycles. The summed E-state index contributed by atoms with van der Waals surface area (Å²) >= 11 is 0. The van der Waals surface area contributed by atoms with Crippen molar-refractivity contribution in [2.24, 2.45) is 11.8 Å². The summed E-state index contributed by atoms with van der Waals surface area (Å²) in [6.07, 6.45) is 3.78. The normalized spacial score (nSPS) is 23.4. The first-order chi connectivity index (χ1) is 11.9. The molecule has 7 nitrogen and oxygen atoms in total. The van der Waals surface area contributed by atoms with Crippen molar-refractivity contribution >= 4 is 17.5 Å².